The molecule has 0 aromatic rings. The van der Waals surface area contributed by atoms with Crippen molar-refractivity contribution in [3.63, 3.8) is 0 Å². The summed E-state index contributed by atoms with van der Waals surface area (Å²) in [6.07, 6.45) is 3.98. The molecular weight excluding hydrogens is 212 g/mol. The van der Waals surface area contributed by atoms with Crippen molar-refractivity contribution in [1.29, 1.82) is 0 Å². The maximum absolute atomic E-state index is 11.1. The lowest BCUT2D eigenvalue weighted by atomic mass is 10.2. The normalized spacial score (nSPS) is 22.7. The van der Waals surface area contributed by atoms with Crippen LogP contribution in [0.15, 0.2) is 0 Å². The van der Waals surface area contributed by atoms with Crippen molar-refractivity contribution in [3.05, 3.63) is 0 Å². The number of thioether (sulfide) groups is 1. The van der Waals surface area contributed by atoms with Crippen LogP contribution in [0.5, 0.6) is 0 Å². The maximum atomic E-state index is 11.1. The van der Waals surface area contributed by atoms with Crippen LogP contribution in [0.4, 0.5) is 0 Å². The number of methoxy groups -OCH3 is 1. The fraction of sp³-hybridized carbons (Fsp3) is 0.909. The Kier molecular flexibility index (Phi) is 6.10. The van der Waals surface area contributed by atoms with E-state index in [1.54, 1.807) is 0 Å². The van der Waals surface area contributed by atoms with Gasteiger partial charge in [0, 0.05) is 12.4 Å². The molecule has 1 saturated heterocycles. The van der Waals surface area contributed by atoms with E-state index in [0.717, 1.165) is 24.5 Å². The minimum atomic E-state index is -0.111. The Balaban J connectivity index is 1.98. The van der Waals surface area contributed by atoms with Gasteiger partial charge in [0.25, 0.3) is 0 Å². The molecule has 1 heterocycles. The van der Waals surface area contributed by atoms with Gasteiger partial charge in [-0.25, -0.2) is 0 Å². The molecule has 4 heteroatoms. The predicted molar refractivity (Wildman–Crippen MR) is 62.1 cm³/mol. The van der Waals surface area contributed by atoms with Crippen molar-refractivity contribution >= 4 is 17.7 Å². The first-order valence-corrected chi connectivity index (χ1v) is 6.66. The van der Waals surface area contributed by atoms with E-state index in [1.807, 2.05) is 18.7 Å². The van der Waals surface area contributed by atoms with Gasteiger partial charge in [-0.05, 0) is 25.0 Å². The summed E-state index contributed by atoms with van der Waals surface area (Å²) in [5.74, 6) is 1.81. The molecule has 0 amide bonds. The summed E-state index contributed by atoms with van der Waals surface area (Å²) in [5.41, 5.74) is 0. The standard InChI is InChI=1S/C11H20O3S/c1-9(11(12)13-2)8-15-7-5-10-4-3-6-14-10/h9-10H,3-8H2,1-2H3. The molecule has 1 aliphatic rings. The van der Waals surface area contributed by atoms with Gasteiger partial charge >= 0.3 is 5.97 Å². The number of hydrogen-bond donors (Lipinski definition) is 0. The predicted octanol–water partition coefficient (Wildman–Crippen LogP) is 2.10. The van der Waals surface area contributed by atoms with E-state index in [4.69, 9.17) is 4.74 Å². The maximum Gasteiger partial charge on any atom is 0.309 e. The molecule has 0 bridgehead atoms. The van der Waals surface area contributed by atoms with E-state index in [0.29, 0.717) is 6.10 Å². The van der Waals surface area contributed by atoms with Crippen molar-refractivity contribution in [1.82, 2.24) is 0 Å². The number of rotatable bonds is 6. The first-order chi connectivity index (χ1) is 7.24. The average Bonchev–Trinajstić information content (AvgIpc) is 2.75. The summed E-state index contributed by atoms with van der Waals surface area (Å²) < 4.78 is 10.2. The highest BCUT2D eigenvalue weighted by molar-refractivity contribution is 7.99. The van der Waals surface area contributed by atoms with Crippen molar-refractivity contribution in [2.75, 3.05) is 25.2 Å². The van der Waals surface area contributed by atoms with Gasteiger partial charge in [0.2, 0.25) is 0 Å². The minimum Gasteiger partial charge on any atom is -0.469 e. The molecule has 0 saturated carbocycles. The number of esters is 1. The second-order valence-corrected chi connectivity index (χ2v) is 5.07. The molecule has 1 aliphatic heterocycles. The molecule has 15 heavy (non-hydrogen) atoms. The zero-order valence-corrected chi connectivity index (χ0v) is 10.3. The van der Waals surface area contributed by atoms with Crippen LogP contribution < -0.4 is 0 Å². The lowest BCUT2D eigenvalue weighted by molar-refractivity contribution is -0.143. The molecule has 0 aromatic heterocycles. The summed E-state index contributed by atoms with van der Waals surface area (Å²) >= 11 is 1.81. The highest BCUT2D eigenvalue weighted by Crippen LogP contribution is 2.19. The van der Waals surface area contributed by atoms with Gasteiger partial charge in [0.1, 0.15) is 0 Å². The van der Waals surface area contributed by atoms with Crippen LogP contribution in [0, 0.1) is 5.92 Å². The van der Waals surface area contributed by atoms with E-state index >= 15 is 0 Å². The van der Waals surface area contributed by atoms with Crippen molar-refractivity contribution in [3.8, 4) is 0 Å². The van der Waals surface area contributed by atoms with Crippen LogP contribution in [-0.2, 0) is 14.3 Å². The van der Waals surface area contributed by atoms with E-state index in [9.17, 15) is 4.79 Å². The highest BCUT2D eigenvalue weighted by atomic mass is 32.2. The average molecular weight is 232 g/mol. The monoisotopic (exact) mass is 232 g/mol. The third-order valence-electron chi connectivity index (χ3n) is 2.58. The Bertz CT molecular complexity index is 190. The first-order valence-electron chi connectivity index (χ1n) is 5.51. The zero-order chi connectivity index (χ0) is 11.1. The second kappa shape index (κ2) is 7.12. The molecule has 0 aliphatic carbocycles. The van der Waals surface area contributed by atoms with Gasteiger partial charge in [-0.3, -0.25) is 4.79 Å². The van der Waals surface area contributed by atoms with E-state index in [1.165, 1.54) is 20.0 Å². The minimum absolute atomic E-state index is 0.00416. The Morgan fingerprint density at radius 1 is 1.67 bits per heavy atom. The summed E-state index contributed by atoms with van der Waals surface area (Å²) in [6.45, 7) is 2.83. The van der Waals surface area contributed by atoms with E-state index in [2.05, 4.69) is 4.74 Å². The molecule has 2 atom stereocenters. The van der Waals surface area contributed by atoms with Crippen LogP contribution in [-0.4, -0.2) is 37.3 Å². The van der Waals surface area contributed by atoms with Gasteiger partial charge in [-0.15, -0.1) is 0 Å². The molecule has 0 aromatic carbocycles. The number of carbonyl (C=O) groups is 1. The summed E-state index contributed by atoms with van der Waals surface area (Å²) in [6, 6.07) is 0. The fourth-order valence-electron chi connectivity index (χ4n) is 1.62. The Hall–Kier alpha value is -0.220. The van der Waals surface area contributed by atoms with Crippen LogP contribution in [0.2, 0.25) is 0 Å². The first kappa shape index (κ1) is 12.8. The molecule has 3 nitrogen and oxygen atoms in total. The van der Waals surface area contributed by atoms with Gasteiger partial charge in [-0.1, -0.05) is 6.92 Å². The summed E-state index contributed by atoms with van der Waals surface area (Å²) in [4.78, 5) is 11.1. The van der Waals surface area contributed by atoms with Crippen LogP contribution in [0.3, 0.4) is 0 Å². The molecule has 0 spiro atoms. The Labute approximate surface area is 95.9 Å². The van der Waals surface area contributed by atoms with Crippen molar-refractivity contribution in [2.24, 2.45) is 5.92 Å². The van der Waals surface area contributed by atoms with Crippen LogP contribution >= 0.6 is 11.8 Å². The third-order valence-corrected chi connectivity index (χ3v) is 3.84. The summed E-state index contributed by atoms with van der Waals surface area (Å²) in [7, 11) is 1.44. The second-order valence-electron chi connectivity index (χ2n) is 3.92. The lowest BCUT2D eigenvalue weighted by Crippen LogP contribution is -2.15. The molecular formula is C11H20O3S. The van der Waals surface area contributed by atoms with E-state index < -0.39 is 0 Å². The molecule has 1 rings (SSSR count). The van der Waals surface area contributed by atoms with Crippen LogP contribution in [0.1, 0.15) is 26.2 Å². The smallest absolute Gasteiger partial charge is 0.309 e. The molecule has 0 radical (unpaired) electrons. The SMILES string of the molecule is COC(=O)C(C)CSCCC1CCCO1. The van der Waals surface area contributed by atoms with Crippen molar-refractivity contribution < 1.29 is 14.3 Å². The summed E-state index contributed by atoms with van der Waals surface area (Å²) in [5, 5.41) is 0. The van der Waals surface area contributed by atoms with Gasteiger partial charge in [0.15, 0.2) is 0 Å². The van der Waals surface area contributed by atoms with Crippen LogP contribution in [0.25, 0.3) is 0 Å². The van der Waals surface area contributed by atoms with Gasteiger partial charge in [-0.2, -0.15) is 11.8 Å². The number of carbonyl (C=O) groups excluding carboxylic acids is 1. The Morgan fingerprint density at radius 3 is 3.07 bits per heavy atom. The number of hydrogen-bond acceptors (Lipinski definition) is 4. The molecule has 88 valence electrons. The highest BCUT2D eigenvalue weighted by Gasteiger charge is 2.16. The van der Waals surface area contributed by atoms with Gasteiger partial charge in [0.05, 0.1) is 19.1 Å². The molecule has 2 unspecified atom stereocenters. The quantitative estimate of drug-likeness (QED) is 0.519. The molecule has 1 fully saturated rings. The zero-order valence-electron chi connectivity index (χ0n) is 9.53. The van der Waals surface area contributed by atoms with E-state index in [-0.39, 0.29) is 11.9 Å². The fourth-order valence-corrected chi connectivity index (χ4v) is 2.70. The Morgan fingerprint density at radius 2 is 2.47 bits per heavy atom. The molecule has 0 N–H and O–H groups in total. The van der Waals surface area contributed by atoms with Crippen molar-refractivity contribution in [2.45, 2.75) is 32.3 Å². The lowest BCUT2D eigenvalue weighted by Gasteiger charge is -2.10. The number of ether oxygens (including phenoxy) is 2. The van der Waals surface area contributed by atoms with Gasteiger partial charge < -0.3 is 9.47 Å². The third kappa shape index (κ3) is 4.89. The largest absolute Gasteiger partial charge is 0.469 e. The topological polar surface area (TPSA) is 35.5 Å².